The van der Waals surface area contributed by atoms with Gasteiger partial charge in [0.05, 0.1) is 33.9 Å². The number of aromatic nitrogens is 2. The van der Waals surface area contributed by atoms with Crippen molar-refractivity contribution in [3.63, 3.8) is 0 Å². The van der Waals surface area contributed by atoms with Gasteiger partial charge in [0.15, 0.2) is 22.8 Å². The first kappa shape index (κ1) is 22.3. The number of thioether (sulfide) groups is 1. The van der Waals surface area contributed by atoms with Gasteiger partial charge in [-0.2, -0.15) is 0 Å². The van der Waals surface area contributed by atoms with Gasteiger partial charge in [-0.1, -0.05) is 59.8 Å². The number of halogens is 1. The number of anilines is 1. The van der Waals surface area contributed by atoms with Crippen molar-refractivity contribution in [3.05, 3.63) is 88.2 Å². The van der Waals surface area contributed by atoms with Crippen LogP contribution in [0.3, 0.4) is 0 Å². The molecule has 0 radical (unpaired) electrons. The van der Waals surface area contributed by atoms with E-state index in [4.69, 9.17) is 21.1 Å². The second kappa shape index (κ2) is 9.79. The molecule has 34 heavy (non-hydrogen) atoms. The number of hydrogen-bond donors (Lipinski definition) is 1. The molecule has 0 aliphatic carbocycles. The van der Waals surface area contributed by atoms with Crippen molar-refractivity contribution in [2.45, 2.75) is 17.8 Å². The van der Waals surface area contributed by atoms with Gasteiger partial charge in [-0.25, -0.2) is 4.98 Å². The van der Waals surface area contributed by atoms with Crippen LogP contribution in [0.15, 0.2) is 82.7 Å². The second-order valence-electron chi connectivity index (χ2n) is 7.64. The molecule has 1 aromatic heterocycles. The number of ether oxygens (including phenoxy) is 2. The number of nitrogens with one attached hydrogen (secondary N) is 1. The molecule has 0 bridgehead atoms. The monoisotopic (exact) mass is 493 g/mol. The molecule has 0 saturated heterocycles. The third-order valence-electron chi connectivity index (χ3n) is 5.26. The van der Waals surface area contributed by atoms with Crippen LogP contribution in [0.2, 0.25) is 5.02 Å². The van der Waals surface area contributed by atoms with Gasteiger partial charge in [0.2, 0.25) is 5.91 Å². The third kappa shape index (κ3) is 4.73. The van der Waals surface area contributed by atoms with E-state index >= 15 is 0 Å². The van der Waals surface area contributed by atoms with Crippen LogP contribution in [-0.4, -0.2) is 33.9 Å². The van der Waals surface area contributed by atoms with Crippen molar-refractivity contribution in [1.82, 2.24) is 9.55 Å². The van der Waals surface area contributed by atoms with E-state index in [1.165, 1.54) is 11.8 Å². The Hall–Kier alpha value is -3.49. The minimum atomic E-state index is -0.383. The van der Waals surface area contributed by atoms with E-state index < -0.39 is 0 Å². The summed E-state index contributed by atoms with van der Waals surface area (Å²) in [7, 11) is 0. The lowest BCUT2D eigenvalue weighted by atomic mass is 10.2. The molecule has 3 aromatic carbocycles. The normalized spacial score (nSPS) is 14.7. The van der Waals surface area contributed by atoms with Gasteiger partial charge in [0.25, 0.3) is 5.56 Å². The lowest BCUT2D eigenvalue weighted by molar-refractivity contribution is -0.113. The van der Waals surface area contributed by atoms with Crippen LogP contribution < -0.4 is 20.3 Å². The Labute approximate surface area is 204 Å². The first-order valence-corrected chi connectivity index (χ1v) is 12.0. The van der Waals surface area contributed by atoms with Gasteiger partial charge in [-0.15, -0.1) is 0 Å². The van der Waals surface area contributed by atoms with Gasteiger partial charge >= 0.3 is 0 Å². The SMILES string of the molecule is O=C(CSc1nc2ccccc2c(=O)n1C[C@H]1COc2ccccc2O1)Nc1ccccc1Cl. The highest BCUT2D eigenvalue weighted by molar-refractivity contribution is 7.99. The van der Waals surface area contributed by atoms with Crippen molar-refractivity contribution < 1.29 is 14.3 Å². The fourth-order valence-corrected chi connectivity index (χ4v) is 4.65. The summed E-state index contributed by atoms with van der Waals surface area (Å²) in [5.74, 6) is 1.11. The van der Waals surface area contributed by atoms with E-state index in [2.05, 4.69) is 10.3 Å². The molecule has 9 heteroatoms. The molecule has 0 saturated carbocycles. The number of carbonyl (C=O) groups excluding carboxylic acids is 1. The summed E-state index contributed by atoms with van der Waals surface area (Å²) in [6.45, 7) is 0.535. The predicted molar refractivity (Wildman–Crippen MR) is 133 cm³/mol. The minimum absolute atomic E-state index is 0.0564. The zero-order chi connectivity index (χ0) is 23.5. The van der Waals surface area contributed by atoms with Crippen LogP contribution in [-0.2, 0) is 11.3 Å². The number of rotatable bonds is 6. The molecule has 1 amide bonds. The first-order chi connectivity index (χ1) is 16.6. The van der Waals surface area contributed by atoms with E-state index in [1.54, 1.807) is 47.0 Å². The van der Waals surface area contributed by atoms with Crippen LogP contribution >= 0.6 is 23.4 Å². The molecule has 5 rings (SSSR count). The average molecular weight is 494 g/mol. The van der Waals surface area contributed by atoms with Crippen molar-refractivity contribution >= 4 is 45.9 Å². The minimum Gasteiger partial charge on any atom is -0.486 e. The largest absolute Gasteiger partial charge is 0.486 e. The van der Waals surface area contributed by atoms with Crippen LogP contribution in [0.1, 0.15) is 0 Å². The van der Waals surface area contributed by atoms with E-state index in [0.29, 0.717) is 44.9 Å². The van der Waals surface area contributed by atoms with Crippen molar-refractivity contribution in [3.8, 4) is 11.5 Å². The molecule has 1 atom stereocenters. The van der Waals surface area contributed by atoms with E-state index in [0.717, 1.165) is 0 Å². The summed E-state index contributed by atoms with van der Waals surface area (Å²) < 4.78 is 13.4. The molecular weight excluding hydrogens is 474 g/mol. The van der Waals surface area contributed by atoms with Gasteiger partial charge in [0.1, 0.15) is 6.61 Å². The summed E-state index contributed by atoms with van der Waals surface area (Å²) >= 11 is 7.32. The molecule has 1 aliphatic heterocycles. The number of fused-ring (bicyclic) bond motifs is 2. The van der Waals surface area contributed by atoms with Gasteiger partial charge in [0, 0.05) is 0 Å². The number of hydrogen-bond acceptors (Lipinski definition) is 6. The van der Waals surface area contributed by atoms with Crippen molar-refractivity contribution in [2.75, 3.05) is 17.7 Å². The summed E-state index contributed by atoms with van der Waals surface area (Å²) in [4.78, 5) is 30.6. The fourth-order valence-electron chi connectivity index (χ4n) is 3.65. The number of benzene rings is 3. The summed E-state index contributed by atoms with van der Waals surface area (Å²) in [5.41, 5.74) is 0.913. The number of nitrogens with zero attached hydrogens (tertiary/aromatic N) is 2. The summed E-state index contributed by atoms with van der Waals surface area (Å²) in [6.07, 6.45) is -0.383. The number of amides is 1. The molecule has 172 valence electrons. The molecular formula is C25H20ClN3O4S. The standard InChI is InChI=1S/C25H20ClN3O4S/c26-18-8-2-4-10-20(18)27-23(30)15-34-25-28-19-9-3-1-7-17(19)24(31)29(25)13-16-14-32-21-11-5-6-12-22(21)33-16/h1-12,16H,13-15H2,(H,27,30)/t16-/m0/s1. The Morgan fingerprint density at radius 3 is 2.65 bits per heavy atom. The highest BCUT2D eigenvalue weighted by atomic mass is 35.5. The summed E-state index contributed by atoms with van der Waals surface area (Å²) in [5, 5.41) is 4.18. The summed E-state index contributed by atoms with van der Waals surface area (Å²) in [6, 6.07) is 21.6. The van der Waals surface area contributed by atoms with E-state index in [1.807, 2.05) is 30.3 Å². The molecule has 0 fully saturated rings. The zero-order valence-corrected chi connectivity index (χ0v) is 19.5. The maximum absolute atomic E-state index is 13.3. The van der Waals surface area contributed by atoms with Crippen LogP contribution in [0.25, 0.3) is 10.9 Å². The van der Waals surface area contributed by atoms with Crippen LogP contribution in [0.5, 0.6) is 11.5 Å². The topological polar surface area (TPSA) is 82.5 Å². The maximum Gasteiger partial charge on any atom is 0.262 e. The Morgan fingerprint density at radius 2 is 1.79 bits per heavy atom. The maximum atomic E-state index is 13.3. The van der Waals surface area contributed by atoms with Gasteiger partial charge < -0.3 is 14.8 Å². The second-order valence-corrected chi connectivity index (χ2v) is 8.99. The van der Waals surface area contributed by atoms with Crippen LogP contribution in [0.4, 0.5) is 5.69 Å². The highest BCUT2D eigenvalue weighted by Gasteiger charge is 2.24. The molecule has 0 spiro atoms. The third-order valence-corrected chi connectivity index (χ3v) is 6.57. The lowest BCUT2D eigenvalue weighted by Gasteiger charge is -2.27. The smallest absolute Gasteiger partial charge is 0.262 e. The molecule has 1 N–H and O–H groups in total. The molecule has 7 nitrogen and oxygen atoms in total. The molecule has 4 aromatic rings. The molecule has 0 unspecified atom stereocenters. The Balaban J connectivity index is 1.39. The van der Waals surface area contributed by atoms with Crippen molar-refractivity contribution in [2.24, 2.45) is 0 Å². The molecule has 2 heterocycles. The van der Waals surface area contributed by atoms with Gasteiger partial charge in [-0.05, 0) is 36.4 Å². The Morgan fingerprint density at radius 1 is 1.06 bits per heavy atom. The quantitative estimate of drug-likeness (QED) is 0.312. The number of para-hydroxylation sites is 4. The first-order valence-electron chi connectivity index (χ1n) is 10.6. The average Bonchev–Trinajstić information content (AvgIpc) is 2.86. The zero-order valence-electron chi connectivity index (χ0n) is 17.9. The lowest BCUT2D eigenvalue weighted by Crippen LogP contribution is -2.37. The number of carbonyl (C=O) groups is 1. The Kier molecular flexibility index (Phi) is 6.42. The molecule has 1 aliphatic rings. The highest BCUT2D eigenvalue weighted by Crippen LogP contribution is 2.31. The van der Waals surface area contributed by atoms with E-state index in [-0.39, 0.29) is 29.9 Å². The predicted octanol–water partition coefficient (Wildman–Crippen LogP) is 4.62. The van der Waals surface area contributed by atoms with E-state index in [9.17, 15) is 9.59 Å². The Bertz CT molecular complexity index is 1420. The fraction of sp³-hybridized carbons (Fsp3) is 0.160. The van der Waals surface area contributed by atoms with Crippen LogP contribution in [0, 0.1) is 0 Å². The van der Waals surface area contributed by atoms with Crippen molar-refractivity contribution in [1.29, 1.82) is 0 Å². The van der Waals surface area contributed by atoms with Gasteiger partial charge in [-0.3, -0.25) is 14.2 Å².